The molecule has 134 valence electrons. The molecule has 0 bridgehead atoms. The summed E-state index contributed by atoms with van der Waals surface area (Å²) in [4.78, 5) is 24.4. The molecule has 0 spiro atoms. The topological polar surface area (TPSA) is 79.2 Å². The Labute approximate surface area is 161 Å². The van der Waals surface area contributed by atoms with Crippen LogP contribution in [0.1, 0.15) is 41.4 Å². The average Bonchev–Trinajstić information content (AvgIpc) is 2.61. The van der Waals surface area contributed by atoms with Crippen LogP contribution in [0.2, 0.25) is 10.0 Å². The zero-order valence-electron chi connectivity index (χ0n) is 14.1. The van der Waals surface area contributed by atoms with E-state index in [1.54, 1.807) is 37.3 Å². The number of benzene rings is 2. The number of nitriles is 1. The van der Waals surface area contributed by atoms with Crippen molar-refractivity contribution in [2.24, 2.45) is 0 Å². The summed E-state index contributed by atoms with van der Waals surface area (Å²) in [6.07, 6.45) is -1.01. The molecule has 0 aliphatic heterocycles. The van der Waals surface area contributed by atoms with Crippen LogP contribution in [-0.2, 0) is 9.53 Å². The summed E-state index contributed by atoms with van der Waals surface area (Å²) < 4.78 is 5.17. The van der Waals surface area contributed by atoms with Gasteiger partial charge in [-0.3, -0.25) is 4.79 Å². The number of hydrogen-bond donors (Lipinski definition) is 1. The number of nitrogens with one attached hydrogen (secondary N) is 1. The van der Waals surface area contributed by atoms with Gasteiger partial charge in [0.05, 0.1) is 23.2 Å². The highest BCUT2D eigenvalue weighted by molar-refractivity contribution is 6.35. The first-order valence-corrected chi connectivity index (χ1v) is 8.54. The maximum Gasteiger partial charge on any atom is 0.338 e. The van der Waals surface area contributed by atoms with Gasteiger partial charge in [-0.15, -0.1) is 0 Å². The summed E-state index contributed by atoms with van der Waals surface area (Å²) in [7, 11) is 0. The number of carbonyl (C=O) groups excluding carboxylic acids is 2. The molecule has 0 aromatic heterocycles. The number of ether oxygens (including phenoxy) is 1. The van der Waals surface area contributed by atoms with Crippen LogP contribution in [0.5, 0.6) is 0 Å². The van der Waals surface area contributed by atoms with Gasteiger partial charge in [-0.05, 0) is 49.7 Å². The first-order valence-electron chi connectivity index (χ1n) is 7.78. The molecule has 0 saturated carbocycles. The zero-order chi connectivity index (χ0) is 19.3. The van der Waals surface area contributed by atoms with Crippen LogP contribution < -0.4 is 5.32 Å². The molecule has 0 saturated heterocycles. The molecule has 0 unspecified atom stereocenters. The lowest BCUT2D eigenvalue weighted by atomic mass is 10.1. The second-order valence-corrected chi connectivity index (χ2v) is 6.48. The summed E-state index contributed by atoms with van der Waals surface area (Å²) in [5, 5.41) is 12.5. The van der Waals surface area contributed by atoms with Crippen LogP contribution in [-0.4, -0.2) is 18.0 Å². The van der Waals surface area contributed by atoms with E-state index in [2.05, 4.69) is 5.32 Å². The van der Waals surface area contributed by atoms with E-state index in [9.17, 15) is 9.59 Å². The van der Waals surface area contributed by atoms with Crippen LogP contribution in [0.15, 0.2) is 42.5 Å². The highest BCUT2D eigenvalue weighted by Crippen LogP contribution is 2.26. The normalized spacial score (nSPS) is 12.6. The van der Waals surface area contributed by atoms with Crippen LogP contribution in [0.4, 0.5) is 0 Å². The highest BCUT2D eigenvalue weighted by atomic mass is 35.5. The standard InChI is InChI=1S/C19H16Cl2N2O3/c1-11(16-7-6-15(20)9-17(16)21)23-18(24)12(2)26-19(25)14-5-3-4-13(8-14)10-22/h3-9,11-12H,1-2H3,(H,23,24)/t11-,12-/m0/s1. The van der Waals surface area contributed by atoms with Gasteiger partial charge in [0.1, 0.15) is 0 Å². The quantitative estimate of drug-likeness (QED) is 0.772. The van der Waals surface area contributed by atoms with Gasteiger partial charge < -0.3 is 10.1 Å². The zero-order valence-corrected chi connectivity index (χ0v) is 15.6. The van der Waals surface area contributed by atoms with Gasteiger partial charge >= 0.3 is 5.97 Å². The number of esters is 1. The van der Waals surface area contributed by atoms with Crippen molar-refractivity contribution in [1.29, 1.82) is 5.26 Å². The van der Waals surface area contributed by atoms with E-state index >= 15 is 0 Å². The van der Waals surface area contributed by atoms with Gasteiger partial charge in [-0.25, -0.2) is 4.79 Å². The molecule has 0 heterocycles. The predicted molar refractivity (Wildman–Crippen MR) is 99.1 cm³/mol. The Bertz CT molecular complexity index is 877. The summed E-state index contributed by atoms with van der Waals surface area (Å²) in [6, 6.07) is 12.6. The Kier molecular flexibility index (Phi) is 6.62. The molecule has 0 fully saturated rings. The van der Waals surface area contributed by atoms with E-state index in [4.69, 9.17) is 33.2 Å². The Balaban J connectivity index is 2.00. The molecule has 2 aromatic carbocycles. The Morgan fingerprint density at radius 1 is 1.15 bits per heavy atom. The summed E-state index contributed by atoms with van der Waals surface area (Å²) in [6.45, 7) is 3.23. The predicted octanol–water partition coefficient (Wildman–Crippen LogP) is 4.29. The fraction of sp³-hybridized carbons (Fsp3) is 0.211. The van der Waals surface area contributed by atoms with E-state index < -0.39 is 24.0 Å². The molecule has 7 heteroatoms. The fourth-order valence-corrected chi connectivity index (χ4v) is 2.83. The highest BCUT2D eigenvalue weighted by Gasteiger charge is 2.22. The van der Waals surface area contributed by atoms with Gasteiger partial charge in [0.25, 0.3) is 5.91 Å². The second-order valence-electron chi connectivity index (χ2n) is 5.64. The van der Waals surface area contributed by atoms with Crippen molar-refractivity contribution in [3.63, 3.8) is 0 Å². The lowest BCUT2D eigenvalue weighted by Gasteiger charge is -2.19. The minimum absolute atomic E-state index is 0.206. The lowest BCUT2D eigenvalue weighted by Crippen LogP contribution is -2.37. The van der Waals surface area contributed by atoms with E-state index in [-0.39, 0.29) is 5.56 Å². The van der Waals surface area contributed by atoms with Crippen molar-refractivity contribution in [2.75, 3.05) is 0 Å². The van der Waals surface area contributed by atoms with Gasteiger partial charge in [0, 0.05) is 10.0 Å². The molecule has 2 rings (SSSR count). The molecular formula is C19H16Cl2N2O3. The lowest BCUT2D eigenvalue weighted by molar-refractivity contribution is -0.129. The van der Waals surface area contributed by atoms with E-state index in [1.165, 1.54) is 19.1 Å². The Hall–Kier alpha value is -2.55. The Morgan fingerprint density at radius 3 is 2.54 bits per heavy atom. The first-order chi connectivity index (χ1) is 12.3. The third-order valence-corrected chi connectivity index (χ3v) is 4.23. The second kappa shape index (κ2) is 8.70. The van der Waals surface area contributed by atoms with Crippen molar-refractivity contribution in [3.8, 4) is 6.07 Å². The van der Waals surface area contributed by atoms with Crippen molar-refractivity contribution >= 4 is 35.1 Å². The summed E-state index contributed by atoms with van der Waals surface area (Å²) in [5.74, 6) is -1.14. The van der Waals surface area contributed by atoms with Crippen molar-refractivity contribution in [2.45, 2.75) is 26.0 Å². The molecule has 0 aliphatic carbocycles. The van der Waals surface area contributed by atoms with Crippen LogP contribution >= 0.6 is 23.2 Å². The largest absolute Gasteiger partial charge is 0.449 e. The maximum atomic E-state index is 12.3. The molecule has 0 radical (unpaired) electrons. The minimum Gasteiger partial charge on any atom is -0.449 e. The molecule has 2 aromatic rings. The number of nitrogens with zero attached hydrogens (tertiary/aromatic N) is 1. The van der Waals surface area contributed by atoms with Gasteiger partial charge in [-0.1, -0.05) is 35.3 Å². The van der Waals surface area contributed by atoms with E-state index in [1.807, 2.05) is 6.07 Å². The molecular weight excluding hydrogens is 375 g/mol. The van der Waals surface area contributed by atoms with E-state index in [0.29, 0.717) is 21.2 Å². The Morgan fingerprint density at radius 2 is 1.88 bits per heavy atom. The smallest absolute Gasteiger partial charge is 0.338 e. The summed E-state index contributed by atoms with van der Waals surface area (Å²) >= 11 is 12.0. The SMILES string of the molecule is C[C@H](OC(=O)c1cccc(C#N)c1)C(=O)N[C@@H](C)c1ccc(Cl)cc1Cl. The molecule has 26 heavy (non-hydrogen) atoms. The molecule has 1 N–H and O–H groups in total. The number of halogens is 2. The van der Waals surface area contributed by atoms with Crippen LogP contribution in [0.25, 0.3) is 0 Å². The van der Waals surface area contributed by atoms with Gasteiger partial charge in [0.2, 0.25) is 0 Å². The summed E-state index contributed by atoms with van der Waals surface area (Å²) in [5.41, 5.74) is 1.24. The molecule has 5 nitrogen and oxygen atoms in total. The van der Waals surface area contributed by atoms with E-state index in [0.717, 1.165) is 0 Å². The monoisotopic (exact) mass is 390 g/mol. The average molecular weight is 391 g/mol. The number of carbonyl (C=O) groups is 2. The molecule has 1 amide bonds. The first kappa shape index (κ1) is 19.8. The third-order valence-electron chi connectivity index (χ3n) is 3.67. The van der Waals surface area contributed by atoms with Crippen LogP contribution in [0.3, 0.4) is 0 Å². The fourth-order valence-electron chi connectivity index (χ4n) is 2.26. The van der Waals surface area contributed by atoms with Crippen molar-refractivity contribution in [3.05, 3.63) is 69.2 Å². The van der Waals surface area contributed by atoms with Crippen molar-refractivity contribution < 1.29 is 14.3 Å². The number of rotatable bonds is 5. The molecule has 2 atom stereocenters. The molecule has 0 aliphatic rings. The van der Waals surface area contributed by atoms with Crippen molar-refractivity contribution in [1.82, 2.24) is 5.32 Å². The van der Waals surface area contributed by atoms with Gasteiger partial charge in [0.15, 0.2) is 6.10 Å². The minimum atomic E-state index is -1.01. The number of amides is 1. The van der Waals surface area contributed by atoms with Gasteiger partial charge in [-0.2, -0.15) is 5.26 Å². The maximum absolute atomic E-state index is 12.3. The number of hydrogen-bond acceptors (Lipinski definition) is 4. The van der Waals surface area contributed by atoms with Crippen LogP contribution in [0, 0.1) is 11.3 Å². The third kappa shape index (κ3) is 4.98.